The molecule has 0 aromatic rings. The molecule has 0 rings (SSSR count). The summed E-state index contributed by atoms with van der Waals surface area (Å²) in [4.78, 5) is 0. The molecule has 0 heterocycles. The van der Waals surface area contributed by atoms with Crippen LogP contribution in [0.15, 0.2) is 0 Å². The molecule has 6 heteroatoms. The first-order valence-electron chi connectivity index (χ1n) is 2.90. The standard InChI is InChI=1S/C4H14N2P2S2/c1-3(9-7)4(10-8)2-6-5/h3-4,6H,2,5,7-8H2,1H3. The van der Waals surface area contributed by atoms with Gasteiger partial charge in [0.05, 0.1) is 0 Å². The zero-order valence-corrected chi connectivity index (χ0v) is 9.85. The zero-order chi connectivity index (χ0) is 7.98. The minimum absolute atomic E-state index is 0.567. The third kappa shape index (κ3) is 4.38. The van der Waals surface area contributed by atoms with E-state index < -0.39 is 0 Å². The quantitative estimate of drug-likeness (QED) is 0.412. The van der Waals surface area contributed by atoms with Crippen LogP contribution >= 0.6 is 39.6 Å². The van der Waals surface area contributed by atoms with Gasteiger partial charge in [-0.05, 0) is 0 Å². The number of hydrogen-bond acceptors (Lipinski definition) is 4. The molecule has 0 radical (unpaired) electrons. The molecular weight excluding hydrogens is 202 g/mol. The van der Waals surface area contributed by atoms with Gasteiger partial charge in [-0.3, -0.25) is 11.3 Å². The van der Waals surface area contributed by atoms with Gasteiger partial charge in [0.2, 0.25) is 0 Å². The van der Waals surface area contributed by atoms with Crippen molar-refractivity contribution >= 4 is 39.6 Å². The maximum absolute atomic E-state index is 5.21. The van der Waals surface area contributed by atoms with E-state index in [2.05, 4.69) is 29.2 Å². The first kappa shape index (κ1) is 11.5. The lowest BCUT2D eigenvalue weighted by Crippen LogP contribution is -2.34. The summed E-state index contributed by atoms with van der Waals surface area (Å²) in [5, 5.41) is 1.18. The fourth-order valence-electron chi connectivity index (χ4n) is 0.529. The van der Waals surface area contributed by atoms with E-state index >= 15 is 0 Å². The molecule has 0 bridgehead atoms. The summed E-state index contributed by atoms with van der Waals surface area (Å²) in [6.45, 7) is 3.05. The van der Waals surface area contributed by atoms with Crippen molar-refractivity contribution in [1.82, 2.24) is 5.43 Å². The van der Waals surface area contributed by atoms with E-state index in [1.165, 1.54) is 0 Å². The molecule has 4 unspecified atom stereocenters. The van der Waals surface area contributed by atoms with Crippen molar-refractivity contribution < 1.29 is 0 Å². The van der Waals surface area contributed by atoms with E-state index in [0.29, 0.717) is 10.5 Å². The minimum Gasteiger partial charge on any atom is -0.271 e. The predicted octanol–water partition coefficient (Wildman–Crippen LogP) is 1.25. The second-order valence-electron chi connectivity index (χ2n) is 1.92. The van der Waals surface area contributed by atoms with Crippen LogP contribution < -0.4 is 11.3 Å². The van der Waals surface area contributed by atoms with E-state index in [-0.39, 0.29) is 0 Å². The Labute approximate surface area is 75.1 Å². The van der Waals surface area contributed by atoms with Crippen LogP contribution in [0.4, 0.5) is 0 Å². The fraction of sp³-hybridized carbons (Fsp3) is 1.00. The van der Waals surface area contributed by atoms with Gasteiger partial charge in [-0.25, -0.2) is 0 Å². The second kappa shape index (κ2) is 7.15. The lowest BCUT2D eigenvalue weighted by atomic mass is 10.3. The molecule has 0 amide bonds. The Morgan fingerprint density at radius 3 is 2.40 bits per heavy atom. The Morgan fingerprint density at radius 1 is 1.50 bits per heavy atom. The van der Waals surface area contributed by atoms with Crippen molar-refractivity contribution in [3.63, 3.8) is 0 Å². The summed E-state index contributed by atoms with van der Waals surface area (Å²) >= 11 is 3.55. The number of hydrazine groups is 1. The van der Waals surface area contributed by atoms with Gasteiger partial charge >= 0.3 is 0 Å². The van der Waals surface area contributed by atoms with Crippen molar-refractivity contribution in [2.24, 2.45) is 5.84 Å². The summed E-state index contributed by atoms with van der Waals surface area (Å²) < 4.78 is 0. The third-order valence-electron chi connectivity index (χ3n) is 1.23. The average molecular weight is 216 g/mol. The smallest absolute Gasteiger partial charge is 0.0341 e. The third-order valence-corrected chi connectivity index (χ3v) is 5.42. The van der Waals surface area contributed by atoms with Crippen LogP contribution in [-0.2, 0) is 0 Å². The molecule has 0 aliphatic rings. The normalized spacial score (nSPS) is 16.8. The Morgan fingerprint density at radius 2 is 2.10 bits per heavy atom. The molecule has 0 saturated heterocycles. The molecule has 0 spiro atoms. The monoisotopic (exact) mass is 216 g/mol. The van der Waals surface area contributed by atoms with Gasteiger partial charge in [0.1, 0.15) is 0 Å². The van der Waals surface area contributed by atoms with Crippen LogP contribution in [0, 0.1) is 0 Å². The van der Waals surface area contributed by atoms with Gasteiger partial charge in [0.25, 0.3) is 0 Å². The van der Waals surface area contributed by atoms with Crippen LogP contribution in [-0.4, -0.2) is 17.0 Å². The number of nitrogens with two attached hydrogens (primary N) is 1. The van der Waals surface area contributed by atoms with E-state index in [0.717, 1.165) is 6.54 Å². The highest BCUT2D eigenvalue weighted by atomic mass is 32.7. The number of nitrogens with one attached hydrogen (secondary N) is 1. The number of hydrogen-bond donors (Lipinski definition) is 2. The summed E-state index contributed by atoms with van der Waals surface area (Å²) in [5.74, 6) is 5.21. The highest BCUT2D eigenvalue weighted by Gasteiger charge is 2.13. The molecule has 0 aliphatic heterocycles. The van der Waals surface area contributed by atoms with Gasteiger partial charge in [0.15, 0.2) is 0 Å². The molecule has 2 nitrogen and oxygen atoms in total. The lowest BCUT2D eigenvalue weighted by Gasteiger charge is -2.18. The zero-order valence-electron chi connectivity index (χ0n) is 5.91. The summed E-state index contributed by atoms with van der Waals surface area (Å²) in [7, 11) is 5.33. The van der Waals surface area contributed by atoms with Gasteiger partial charge in [0, 0.05) is 17.0 Å². The van der Waals surface area contributed by atoms with E-state index in [9.17, 15) is 0 Å². The van der Waals surface area contributed by atoms with Crippen LogP contribution in [0.5, 0.6) is 0 Å². The van der Waals surface area contributed by atoms with Crippen molar-refractivity contribution in [1.29, 1.82) is 0 Å². The molecule has 4 atom stereocenters. The first-order chi connectivity index (χ1) is 4.76. The Bertz CT molecular complexity index is 85.7. The van der Waals surface area contributed by atoms with Crippen molar-refractivity contribution in [3.05, 3.63) is 0 Å². The fourth-order valence-corrected chi connectivity index (χ4v) is 3.85. The van der Waals surface area contributed by atoms with Gasteiger partial charge in [-0.1, -0.05) is 23.8 Å². The lowest BCUT2D eigenvalue weighted by molar-refractivity contribution is 0.693. The molecule has 0 aliphatic carbocycles. The van der Waals surface area contributed by atoms with Crippen LogP contribution in [0.3, 0.4) is 0 Å². The van der Waals surface area contributed by atoms with E-state index in [4.69, 9.17) is 5.84 Å². The first-order valence-corrected chi connectivity index (χ1v) is 7.62. The Hall–Kier alpha value is 1.48. The molecule has 0 fully saturated rings. The van der Waals surface area contributed by atoms with Gasteiger partial charge in [-0.15, -0.1) is 22.8 Å². The summed E-state index contributed by atoms with van der Waals surface area (Å²) in [6.07, 6.45) is 0. The van der Waals surface area contributed by atoms with Gasteiger partial charge in [-0.2, -0.15) is 0 Å². The molecular formula is C4H14N2P2S2. The van der Waals surface area contributed by atoms with Crippen LogP contribution in [0.25, 0.3) is 0 Å². The molecule has 0 aromatic heterocycles. The minimum atomic E-state index is 0.567. The van der Waals surface area contributed by atoms with Gasteiger partial charge < -0.3 is 0 Å². The number of rotatable bonds is 5. The maximum Gasteiger partial charge on any atom is 0.0341 e. The van der Waals surface area contributed by atoms with Crippen molar-refractivity contribution in [2.45, 2.75) is 17.4 Å². The van der Waals surface area contributed by atoms with E-state index in [1.807, 2.05) is 0 Å². The Balaban J connectivity index is 3.56. The predicted molar refractivity (Wildman–Crippen MR) is 60.0 cm³/mol. The Kier molecular flexibility index (Phi) is 8.20. The van der Waals surface area contributed by atoms with Crippen molar-refractivity contribution in [3.8, 4) is 0 Å². The summed E-state index contributed by atoms with van der Waals surface area (Å²) in [5.41, 5.74) is 2.68. The molecule has 3 N–H and O–H groups in total. The second-order valence-corrected chi connectivity index (χ2v) is 5.45. The topological polar surface area (TPSA) is 38.0 Å². The SMILES string of the molecule is CC(SP)C(CNN)SP. The van der Waals surface area contributed by atoms with E-state index in [1.54, 1.807) is 22.8 Å². The largest absolute Gasteiger partial charge is 0.271 e. The summed E-state index contributed by atoms with van der Waals surface area (Å²) in [6, 6.07) is 0. The van der Waals surface area contributed by atoms with Crippen molar-refractivity contribution in [2.75, 3.05) is 6.54 Å². The highest BCUT2D eigenvalue weighted by Crippen LogP contribution is 2.31. The average Bonchev–Trinajstić information content (AvgIpc) is 1.99. The highest BCUT2D eigenvalue weighted by molar-refractivity contribution is 8.46. The maximum atomic E-state index is 5.21. The van der Waals surface area contributed by atoms with Crippen LogP contribution in [0.1, 0.15) is 6.92 Å². The molecule has 62 valence electrons. The molecule has 0 aromatic carbocycles. The van der Waals surface area contributed by atoms with Crippen LogP contribution in [0.2, 0.25) is 0 Å². The molecule has 10 heavy (non-hydrogen) atoms. The molecule has 0 saturated carbocycles.